The lowest BCUT2D eigenvalue weighted by Crippen LogP contribution is -2.41. The monoisotopic (exact) mass is 296 g/mol. The summed E-state index contributed by atoms with van der Waals surface area (Å²) in [6, 6.07) is 9.00. The van der Waals surface area contributed by atoms with Gasteiger partial charge in [-0.15, -0.1) is 0 Å². The molecule has 1 aliphatic rings. The molecule has 0 amide bonds. The summed E-state index contributed by atoms with van der Waals surface area (Å²) in [7, 11) is 0. The molecule has 0 spiro atoms. The first kappa shape index (κ1) is 13.1. The van der Waals surface area contributed by atoms with Gasteiger partial charge in [-0.25, -0.2) is 0 Å². The Balaban J connectivity index is 1.90. The summed E-state index contributed by atoms with van der Waals surface area (Å²) in [5.74, 6) is 0.659. The Kier molecular flexibility index (Phi) is 5.01. The number of halogens is 1. The first-order valence-electron chi connectivity index (χ1n) is 6.48. The van der Waals surface area contributed by atoms with E-state index in [1.807, 2.05) is 0 Å². The number of hydrogen-bond acceptors (Lipinski definition) is 2. The molecule has 1 fully saturated rings. The molecule has 1 aromatic carbocycles. The van der Waals surface area contributed by atoms with E-state index in [9.17, 15) is 0 Å². The van der Waals surface area contributed by atoms with Gasteiger partial charge in [-0.1, -0.05) is 47.0 Å². The average Bonchev–Trinajstić information content (AvgIpc) is 2.38. The first-order chi connectivity index (χ1) is 8.31. The van der Waals surface area contributed by atoms with Gasteiger partial charge in [0.15, 0.2) is 0 Å². The zero-order valence-corrected chi connectivity index (χ0v) is 11.7. The molecule has 1 aromatic rings. The van der Waals surface area contributed by atoms with Crippen LogP contribution in [0.25, 0.3) is 0 Å². The van der Waals surface area contributed by atoms with Gasteiger partial charge in [0.1, 0.15) is 0 Å². The number of hydrogen-bond donors (Lipinski definition) is 2. The summed E-state index contributed by atoms with van der Waals surface area (Å²) in [5.41, 5.74) is 7.17. The highest BCUT2D eigenvalue weighted by Gasteiger charge is 2.23. The topological polar surface area (TPSA) is 38.0 Å². The van der Waals surface area contributed by atoms with E-state index >= 15 is 0 Å². The number of nitrogens with one attached hydrogen (secondary N) is 1. The fourth-order valence-electron chi connectivity index (χ4n) is 2.64. The lowest BCUT2D eigenvalue weighted by molar-refractivity contribution is 0.267. The van der Waals surface area contributed by atoms with Crippen molar-refractivity contribution in [2.45, 2.75) is 38.3 Å². The number of rotatable bonds is 4. The highest BCUT2D eigenvalue weighted by Crippen LogP contribution is 2.24. The van der Waals surface area contributed by atoms with E-state index in [4.69, 9.17) is 5.73 Å². The molecule has 3 N–H and O–H groups in total. The van der Waals surface area contributed by atoms with Crippen LogP contribution in [0.5, 0.6) is 0 Å². The SMILES string of the molecule is NCC1CCCCC1NCc1ccccc1Br. The third-order valence-corrected chi connectivity index (χ3v) is 4.50. The van der Waals surface area contributed by atoms with Gasteiger partial charge in [0.05, 0.1) is 0 Å². The molecule has 3 heteroatoms. The zero-order chi connectivity index (χ0) is 12.1. The third-order valence-electron chi connectivity index (χ3n) is 3.72. The van der Waals surface area contributed by atoms with Crippen LogP contribution in [0.15, 0.2) is 28.7 Å². The molecule has 0 radical (unpaired) electrons. The molecule has 94 valence electrons. The van der Waals surface area contributed by atoms with Crippen LogP contribution in [0, 0.1) is 5.92 Å². The molecular formula is C14H21BrN2. The highest BCUT2D eigenvalue weighted by atomic mass is 79.9. The second-order valence-electron chi connectivity index (χ2n) is 4.86. The van der Waals surface area contributed by atoms with Crippen molar-refractivity contribution in [3.63, 3.8) is 0 Å². The van der Waals surface area contributed by atoms with E-state index in [0.29, 0.717) is 12.0 Å². The summed E-state index contributed by atoms with van der Waals surface area (Å²) < 4.78 is 1.19. The molecular weight excluding hydrogens is 276 g/mol. The summed E-state index contributed by atoms with van der Waals surface area (Å²) in [6.07, 6.45) is 5.23. The second-order valence-corrected chi connectivity index (χ2v) is 5.71. The van der Waals surface area contributed by atoms with E-state index in [1.165, 1.54) is 35.7 Å². The van der Waals surface area contributed by atoms with E-state index in [-0.39, 0.29) is 0 Å². The van der Waals surface area contributed by atoms with Crippen molar-refractivity contribution in [2.75, 3.05) is 6.54 Å². The lowest BCUT2D eigenvalue weighted by atomic mass is 9.84. The fourth-order valence-corrected chi connectivity index (χ4v) is 3.07. The van der Waals surface area contributed by atoms with Gasteiger partial charge in [-0.05, 0) is 36.9 Å². The largest absolute Gasteiger partial charge is 0.330 e. The Morgan fingerprint density at radius 1 is 1.24 bits per heavy atom. The van der Waals surface area contributed by atoms with E-state index in [2.05, 4.69) is 45.5 Å². The van der Waals surface area contributed by atoms with Gasteiger partial charge in [-0.3, -0.25) is 0 Å². The first-order valence-corrected chi connectivity index (χ1v) is 7.27. The Morgan fingerprint density at radius 2 is 2.00 bits per heavy atom. The molecule has 1 aliphatic carbocycles. The standard InChI is InChI=1S/C14H21BrN2/c15-13-7-3-1-6-12(13)10-17-14-8-4-2-5-11(14)9-16/h1,3,6-7,11,14,17H,2,4-5,8-10,16H2. The van der Waals surface area contributed by atoms with Crippen LogP contribution in [0.4, 0.5) is 0 Å². The lowest BCUT2D eigenvalue weighted by Gasteiger charge is -2.31. The van der Waals surface area contributed by atoms with Crippen LogP contribution < -0.4 is 11.1 Å². The van der Waals surface area contributed by atoms with Crippen molar-refractivity contribution in [1.29, 1.82) is 0 Å². The van der Waals surface area contributed by atoms with Crippen molar-refractivity contribution in [2.24, 2.45) is 11.7 Å². The molecule has 2 nitrogen and oxygen atoms in total. The maximum atomic E-state index is 5.84. The summed E-state index contributed by atoms with van der Waals surface area (Å²) >= 11 is 3.59. The van der Waals surface area contributed by atoms with Gasteiger partial charge in [0.2, 0.25) is 0 Å². The Hall–Kier alpha value is -0.380. The molecule has 0 heterocycles. The minimum Gasteiger partial charge on any atom is -0.330 e. The predicted octanol–water partition coefficient (Wildman–Crippen LogP) is 3.06. The van der Waals surface area contributed by atoms with Crippen LogP contribution >= 0.6 is 15.9 Å². The molecule has 0 aromatic heterocycles. The molecule has 1 saturated carbocycles. The third kappa shape index (κ3) is 3.54. The van der Waals surface area contributed by atoms with Crippen LogP contribution in [-0.2, 0) is 6.54 Å². The van der Waals surface area contributed by atoms with Crippen LogP contribution in [0.3, 0.4) is 0 Å². The Labute approximate surface area is 112 Å². The van der Waals surface area contributed by atoms with E-state index < -0.39 is 0 Å². The normalized spacial score (nSPS) is 24.8. The van der Waals surface area contributed by atoms with Crippen molar-refractivity contribution in [1.82, 2.24) is 5.32 Å². The molecule has 17 heavy (non-hydrogen) atoms. The molecule has 2 atom stereocenters. The van der Waals surface area contributed by atoms with Gasteiger partial charge in [0, 0.05) is 17.1 Å². The minimum absolute atomic E-state index is 0.598. The van der Waals surface area contributed by atoms with Gasteiger partial charge in [-0.2, -0.15) is 0 Å². The summed E-state index contributed by atoms with van der Waals surface area (Å²) in [6.45, 7) is 1.75. The predicted molar refractivity (Wildman–Crippen MR) is 75.8 cm³/mol. The van der Waals surface area contributed by atoms with E-state index in [1.54, 1.807) is 0 Å². The van der Waals surface area contributed by atoms with Crippen molar-refractivity contribution in [3.8, 4) is 0 Å². The van der Waals surface area contributed by atoms with Crippen LogP contribution in [0.2, 0.25) is 0 Å². The molecule has 0 aliphatic heterocycles. The van der Waals surface area contributed by atoms with Crippen LogP contribution in [0.1, 0.15) is 31.2 Å². The van der Waals surface area contributed by atoms with Gasteiger partial charge in [0.25, 0.3) is 0 Å². The molecule has 0 bridgehead atoms. The average molecular weight is 297 g/mol. The highest BCUT2D eigenvalue weighted by molar-refractivity contribution is 9.10. The molecule has 0 saturated heterocycles. The minimum atomic E-state index is 0.598. The smallest absolute Gasteiger partial charge is 0.0220 e. The second kappa shape index (κ2) is 6.53. The molecule has 2 unspecified atom stereocenters. The Morgan fingerprint density at radius 3 is 2.76 bits per heavy atom. The van der Waals surface area contributed by atoms with Crippen molar-refractivity contribution in [3.05, 3.63) is 34.3 Å². The Bertz CT molecular complexity index is 354. The summed E-state index contributed by atoms with van der Waals surface area (Å²) in [5, 5.41) is 3.67. The zero-order valence-electron chi connectivity index (χ0n) is 10.2. The van der Waals surface area contributed by atoms with Crippen LogP contribution in [-0.4, -0.2) is 12.6 Å². The van der Waals surface area contributed by atoms with E-state index in [0.717, 1.165) is 13.1 Å². The molecule has 2 rings (SSSR count). The van der Waals surface area contributed by atoms with Crippen molar-refractivity contribution >= 4 is 15.9 Å². The quantitative estimate of drug-likeness (QED) is 0.896. The maximum Gasteiger partial charge on any atom is 0.0220 e. The number of benzene rings is 1. The maximum absolute atomic E-state index is 5.84. The summed E-state index contributed by atoms with van der Waals surface area (Å²) in [4.78, 5) is 0. The number of nitrogens with two attached hydrogens (primary N) is 1. The van der Waals surface area contributed by atoms with Gasteiger partial charge < -0.3 is 11.1 Å². The fraction of sp³-hybridized carbons (Fsp3) is 0.571. The van der Waals surface area contributed by atoms with Crippen molar-refractivity contribution < 1.29 is 0 Å². The van der Waals surface area contributed by atoms with Gasteiger partial charge >= 0.3 is 0 Å².